The summed E-state index contributed by atoms with van der Waals surface area (Å²) in [5.41, 5.74) is 2.30. The molecule has 0 saturated carbocycles. The van der Waals surface area contributed by atoms with Crippen LogP contribution >= 0.6 is 0 Å². The molecule has 2 aromatic heterocycles. The van der Waals surface area contributed by atoms with E-state index in [4.69, 9.17) is 0 Å². The van der Waals surface area contributed by atoms with E-state index < -0.39 is 0 Å². The van der Waals surface area contributed by atoms with Gasteiger partial charge in [-0.3, -0.25) is 9.48 Å². The van der Waals surface area contributed by atoms with Crippen molar-refractivity contribution in [3.8, 4) is 0 Å². The van der Waals surface area contributed by atoms with Gasteiger partial charge in [-0.25, -0.2) is 0 Å². The van der Waals surface area contributed by atoms with Crippen molar-refractivity contribution >= 4 is 5.91 Å². The van der Waals surface area contributed by atoms with Crippen LogP contribution in [0.15, 0.2) is 30.6 Å². The fraction of sp³-hybridized carbons (Fsp3) is 0.529. The maximum atomic E-state index is 11.9. The molecular formula is C17H25N5O. The molecule has 2 atom stereocenters. The van der Waals surface area contributed by atoms with Gasteiger partial charge in [0.1, 0.15) is 0 Å². The van der Waals surface area contributed by atoms with Gasteiger partial charge in [0, 0.05) is 50.2 Å². The van der Waals surface area contributed by atoms with E-state index >= 15 is 0 Å². The molecule has 6 heteroatoms. The first kappa shape index (κ1) is 15.8. The molecule has 0 aromatic carbocycles. The quantitative estimate of drug-likeness (QED) is 0.886. The Morgan fingerprint density at radius 2 is 2.26 bits per heavy atom. The Bertz CT molecular complexity index is 672. The molecule has 3 rings (SSSR count). The van der Waals surface area contributed by atoms with Gasteiger partial charge in [0.15, 0.2) is 0 Å². The highest BCUT2D eigenvalue weighted by Gasteiger charge is 2.32. The van der Waals surface area contributed by atoms with Gasteiger partial charge in [0.25, 0.3) is 0 Å². The van der Waals surface area contributed by atoms with Crippen LogP contribution in [0.2, 0.25) is 0 Å². The Morgan fingerprint density at radius 1 is 1.43 bits per heavy atom. The Kier molecular flexibility index (Phi) is 4.52. The summed E-state index contributed by atoms with van der Waals surface area (Å²) in [6.07, 6.45) is 5.26. The van der Waals surface area contributed by atoms with Crippen LogP contribution in [-0.4, -0.2) is 26.3 Å². The topological polar surface area (TPSA) is 63.9 Å². The Morgan fingerprint density at radius 3 is 2.96 bits per heavy atom. The summed E-state index contributed by atoms with van der Waals surface area (Å²) in [5.74, 6) is 0.114. The van der Waals surface area contributed by atoms with Gasteiger partial charge in [-0.05, 0) is 38.5 Å². The lowest BCUT2D eigenvalue weighted by Crippen LogP contribution is -2.49. The van der Waals surface area contributed by atoms with Crippen molar-refractivity contribution in [3.05, 3.63) is 42.0 Å². The molecule has 124 valence electrons. The number of rotatable bonds is 5. The first-order valence-electron chi connectivity index (χ1n) is 8.22. The first-order chi connectivity index (χ1) is 11.1. The van der Waals surface area contributed by atoms with Crippen molar-refractivity contribution in [2.24, 2.45) is 7.05 Å². The van der Waals surface area contributed by atoms with E-state index in [-0.39, 0.29) is 24.0 Å². The summed E-state index contributed by atoms with van der Waals surface area (Å²) in [4.78, 5) is 11.9. The SMILES string of the molecule is CC(C)n1nccc1[C@@H]1NC(=O)CC[C@H]1NCc1cccn1C. The molecule has 0 spiro atoms. The second kappa shape index (κ2) is 6.58. The second-order valence-corrected chi connectivity index (χ2v) is 6.48. The van der Waals surface area contributed by atoms with Crippen LogP contribution in [-0.2, 0) is 18.4 Å². The molecule has 0 unspecified atom stereocenters. The minimum Gasteiger partial charge on any atom is -0.353 e. The van der Waals surface area contributed by atoms with Gasteiger partial charge in [0.05, 0.1) is 11.7 Å². The molecular weight excluding hydrogens is 290 g/mol. The Hall–Kier alpha value is -2.08. The molecule has 0 radical (unpaired) electrons. The highest BCUT2D eigenvalue weighted by Crippen LogP contribution is 2.26. The maximum Gasteiger partial charge on any atom is 0.220 e. The van der Waals surface area contributed by atoms with E-state index in [0.717, 1.165) is 18.7 Å². The summed E-state index contributed by atoms with van der Waals surface area (Å²) in [7, 11) is 2.05. The van der Waals surface area contributed by atoms with E-state index in [9.17, 15) is 4.79 Å². The standard InChI is InChI=1S/C17H25N5O/c1-12(2)22-15(8-9-19-22)17-14(6-7-16(23)20-17)18-11-13-5-4-10-21(13)3/h4-5,8-10,12,14,17-18H,6-7,11H2,1-3H3,(H,20,23)/t14-,17-/m1/s1. The third kappa shape index (κ3) is 3.32. The van der Waals surface area contributed by atoms with Gasteiger partial charge in [-0.2, -0.15) is 5.10 Å². The summed E-state index contributed by atoms with van der Waals surface area (Å²) in [6, 6.07) is 6.60. The molecule has 1 fully saturated rings. The fourth-order valence-electron chi connectivity index (χ4n) is 3.22. The number of hydrogen-bond donors (Lipinski definition) is 2. The summed E-state index contributed by atoms with van der Waals surface area (Å²) >= 11 is 0. The normalized spacial score (nSPS) is 21.7. The van der Waals surface area contributed by atoms with Crippen LogP contribution in [0.4, 0.5) is 0 Å². The largest absolute Gasteiger partial charge is 0.353 e. The molecule has 0 aliphatic carbocycles. The average Bonchev–Trinajstić information content (AvgIpc) is 3.15. The van der Waals surface area contributed by atoms with Crippen molar-refractivity contribution < 1.29 is 4.79 Å². The average molecular weight is 315 g/mol. The van der Waals surface area contributed by atoms with Gasteiger partial charge < -0.3 is 15.2 Å². The number of aromatic nitrogens is 3. The van der Waals surface area contributed by atoms with Crippen molar-refractivity contribution in [2.45, 2.75) is 51.4 Å². The van der Waals surface area contributed by atoms with E-state index in [2.05, 4.69) is 40.2 Å². The van der Waals surface area contributed by atoms with Gasteiger partial charge >= 0.3 is 0 Å². The first-order valence-corrected chi connectivity index (χ1v) is 8.22. The molecule has 2 N–H and O–H groups in total. The predicted octanol–water partition coefficient (Wildman–Crippen LogP) is 1.91. The van der Waals surface area contributed by atoms with Crippen LogP contribution < -0.4 is 10.6 Å². The van der Waals surface area contributed by atoms with Gasteiger partial charge in [-0.1, -0.05) is 0 Å². The van der Waals surface area contributed by atoms with Crippen LogP contribution in [0.3, 0.4) is 0 Å². The van der Waals surface area contributed by atoms with Crippen molar-refractivity contribution in [1.29, 1.82) is 0 Å². The van der Waals surface area contributed by atoms with E-state index in [0.29, 0.717) is 6.42 Å². The lowest BCUT2D eigenvalue weighted by molar-refractivity contribution is -0.124. The van der Waals surface area contributed by atoms with E-state index in [1.54, 1.807) is 0 Å². The minimum absolute atomic E-state index is 0.0404. The molecule has 1 saturated heterocycles. The third-order valence-corrected chi connectivity index (χ3v) is 4.51. The molecule has 1 aliphatic heterocycles. The third-order valence-electron chi connectivity index (χ3n) is 4.51. The highest BCUT2D eigenvalue weighted by molar-refractivity contribution is 5.77. The molecule has 23 heavy (non-hydrogen) atoms. The fourth-order valence-corrected chi connectivity index (χ4v) is 3.22. The van der Waals surface area contributed by atoms with Crippen LogP contribution in [0.1, 0.15) is 50.2 Å². The lowest BCUT2D eigenvalue weighted by Gasteiger charge is -2.34. The monoisotopic (exact) mass is 315 g/mol. The zero-order valence-corrected chi connectivity index (χ0v) is 14.0. The zero-order chi connectivity index (χ0) is 16.4. The van der Waals surface area contributed by atoms with E-state index in [1.807, 2.05) is 36.3 Å². The van der Waals surface area contributed by atoms with Crippen LogP contribution in [0.25, 0.3) is 0 Å². The lowest BCUT2D eigenvalue weighted by atomic mass is 9.95. The second-order valence-electron chi connectivity index (χ2n) is 6.48. The predicted molar refractivity (Wildman–Crippen MR) is 88.8 cm³/mol. The number of carbonyl (C=O) groups excluding carboxylic acids is 1. The van der Waals surface area contributed by atoms with Gasteiger partial charge in [-0.15, -0.1) is 0 Å². The number of piperidine rings is 1. The maximum absolute atomic E-state index is 11.9. The van der Waals surface area contributed by atoms with Crippen molar-refractivity contribution in [1.82, 2.24) is 25.0 Å². The molecule has 3 heterocycles. The van der Waals surface area contributed by atoms with E-state index in [1.165, 1.54) is 5.69 Å². The van der Waals surface area contributed by atoms with Crippen LogP contribution in [0, 0.1) is 0 Å². The summed E-state index contributed by atoms with van der Waals surface area (Å²) < 4.78 is 4.11. The Labute approximate surface area is 136 Å². The minimum atomic E-state index is -0.0404. The molecule has 0 bridgehead atoms. The summed E-state index contributed by atoms with van der Waals surface area (Å²) in [6.45, 7) is 5.00. The van der Waals surface area contributed by atoms with Crippen molar-refractivity contribution in [3.63, 3.8) is 0 Å². The van der Waals surface area contributed by atoms with Gasteiger partial charge in [0.2, 0.25) is 5.91 Å². The van der Waals surface area contributed by atoms with Crippen LogP contribution in [0.5, 0.6) is 0 Å². The molecule has 1 aliphatic rings. The smallest absolute Gasteiger partial charge is 0.220 e. The molecule has 2 aromatic rings. The highest BCUT2D eigenvalue weighted by atomic mass is 16.1. The van der Waals surface area contributed by atoms with Crippen molar-refractivity contribution in [2.75, 3.05) is 0 Å². The molecule has 1 amide bonds. The Balaban J connectivity index is 1.78. The summed E-state index contributed by atoms with van der Waals surface area (Å²) in [5, 5.41) is 11.2. The number of carbonyl (C=O) groups is 1. The number of nitrogens with zero attached hydrogens (tertiary/aromatic N) is 3. The number of amides is 1. The number of hydrogen-bond acceptors (Lipinski definition) is 3. The number of aryl methyl sites for hydroxylation is 1. The number of nitrogens with one attached hydrogen (secondary N) is 2. The zero-order valence-electron chi connectivity index (χ0n) is 14.0. The molecule has 6 nitrogen and oxygen atoms in total.